The quantitative estimate of drug-likeness (QED) is 0.748. The highest BCUT2D eigenvalue weighted by Crippen LogP contribution is 2.26. The summed E-state index contributed by atoms with van der Waals surface area (Å²) in [6.07, 6.45) is 1.36. The van der Waals surface area contributed by atoms with Gasteiger partial charge in [0.1, 0.15) is 5.82 Å². The second kappa shape index (κ2) is 3.66. The molecular formula is C11H7BrFN3O. The van der Waals surface area contributed by atoms with Gasteiger partial charge < -0.3 is 9.40 Å². The summed E-state index contributed by atoms with van der Waals surface area (Å²) in [7, 11) is 0. The molecule has 4 nitrogen and oxygen atoms in total. The summed E-state index contributed by atoms with van der Waals surface area (Å²) in [5, 5.41) is 0. The van der Waals surface area contributed by atoms with Gasteiger partial charge in [0.2, 0.25) is 0 Å². The molecule has 0 radical (unpaired) electrons. The van der Waals surface area contributed by atoms with E-state index >= 15 is 0 Å². The standard InChI is InChI=1S/C11H7BrFN3O/c1-5-10(17-4-14-5)11-15-8-2-6(12)7(13)3-9(8)16-11/h2-4H,1H3,(H,15,16). The number of rotatable bonds is 1. The molecule has 17 heavy (non-hydrogen) atoms. The lowest BCUT2D eigenvalue weighted by atomic mass is 10.3. The highest BCUT2D eigenvalue weighted by atomic mass is 79.9. The number of benzene rings is 1. The predicted octanol–water partition coefficient (Wildman–Crippen LogP) is 3.43. The Bertz CT molecular complexity index is 665. The molecule has 1 aromatic carbocycles. The summed E-state index contributed by atoms with van der Waals surface area (Å²) < 4.78 is 19.0. The molecule has 0 aliphatic heterocycles. The van der Waals surface area contributed by atoms with Gasteiger partial charge in [-0.2, -0.15) is 0 Å². The molecule has 0 bridgehead atoms. The second-order valence-corrected chi connectivity index (χ2v) is 4.49. The van der Waals surface area contributed by atoms with Gasteiger partial charge in [-0.05, 0) is 28.9 Å². The van der Waals surface area contributed by atoms with E-state index in [1.165, 1.54) is 12.5 Å². The minimum absolute atomic E-state index is 0.331. The molecule has 1 N–H and O–H groups in total. The van der Waals surface area contributed by atoms with Crippen LogP contribution in [0.5, 0.6) is 0 Å². The van der Waals surface area contributed by atoms with Crippen molar-refractivity contribution in [2.24, 2.45) is 0 Å². The summed E-state index contributed by atoms with van der Waals surface area (Å²) in [6.45, 7) is 1.82. The molecule has 0 saturated carbocycles. The summed E-state index contributed by atoms with van der Waals surface area (Å²) in [4.78, 5) is 11.3. The average molecular weight is 296 g/mol. The molecule has 2 heterocycles. The third-order valence-corrected chi connectivity index (χ3v) is 3.09. The number of H-pyrrole nitrogens is 1. The number of aromatic amines is 1. The first kappa shape index (κ1) is 10.5. The predicted molar refractivity (Wildman–Crippen MR) is 64.0 cm³/mol. The zero-order valence-corrected chi connectivity index (χ0v) is 10.4. The van der Waals surface area contributed by atoms with E-state index in [0.717, 1.165) is 5.69 Å². The van der Waals surface area contributed by atoms with Gasteiger partial charge in [0.25, 0.3) is 0 Å². The average Bonchev–Trinajstić information content (AvgIpc) is 2.85. The first-order chi connectivity index (χ1) is 8.15. The molecule has 3 aromatic rings. The Balaban J connectivity index is 2.24. The number of nitrogens with zero attached hydrogens (tertiary/aromatic N) is 2. The SMILES string of the molecule is Cc1ncoc1-c1nc2cc(Br)c(F)cc2[nH]1. The number of aryl methyl sites for hydroxylation is 1. The molecule has 0 amide bonds. The molecular weight excluding hydrogens is 289 g/mol. The van der Waals surface area contributed by atoms with Crippen molar-refractivity contribution < 1.29 is 8.81 Å². The molecule has 86 valence electrons. The summed E-state index contributed by atoms with van der Waals surface area (Å²) in [6, 6.07) is 3.01. The molecule has 0 unspecified atom stereocenters. The van der Waals surface area contributed by atoms with Crippen molar-refractivity contribution in [1.29, 1.82) is 0 Å². The highest BCUT2D eigenvalue weighted by Gasteiger charge is 2.13. The fourth-order valence-corrected chi connectivity index (χ4v) is 1.97. The van der Waals surface area contributed by atoms with Crippen molar-refractivity contribution in [2.45, 2.75) is 6.92 Å². The topological polar surface area (TPSA) is 54.7 Å². The van der Waals surface area contributed by atoms with E-state index in [9.17, 15) is 4.39 Å². The van der Waals surface area contributed by atoms with E-state index in [1.807, 2.05) is 6.92 Å². The minimum atomic E-state index is -0.331. The van der Waals surface area contributed by atoms with Gasteiger partial charge in [-0.15, -0.1) is 0 Å². The molecule has 6 heteroatoms. The molecule has 0 atom stereocenters. The Morgan fingerprint density at radius 2 is 2.24 bits per heavy atom. The van der Waals surface area contributed by atoms with E-state index in [-0.39, 0.29) is 5.82 Å². The zero-order valence-electron chi connectivity index (χ0n) is 8.79. The van der Waals surface area contributed by atoms with Gasteiger partial charge in [-0.1, -0.05) is 0 Å². The zero-order chi connectivity index (χ0) is 12.0. The van der Waals surface area contributed by atoms with Gasteiger partial charge in [0.05, 0.1) is 21.2 Å². The van der Waals surface area contributed by atoms with Crippen LogP contribution in [0.15, 0.2) is 27.4 Å². The number of oxazole rings is 1. The second-order valence-electron chi connectivity index (χ2n) is 3.64. The summed E-state index contributed by atoms with van der Waals surface area (Å²) in [5.41, 5.74) is 2.03. The Kier molecular flexibility index (Phi) is 2.25. The molecule has 0 saturated heterocycles. The van der Waals surface area contributed by atoms with Crippen molar-refractivity contribution in [3.8, 4) is 11.6 Å². The van der Waals surface area contributed by atoms with Crippen LogP contribution < -0.4 is 0 Å². The number of nitrogens with one attached hydrogen (secondary N) is 1. The number of fused-ring (bicyclic) bond motifs is 1. The molecule has 0 spiro atoms. The highest BCUT2D eigenvalue weighted by molar-refractivity contribution is 9.10. The van der Waals surface area contributed by atoms with Crippen molar-refractivity contribution >= 4 is 27.0 Å². The van der Waals surface area contributed by atoms with Crippen molar-refractivity contribution in [1.82, 2.24) is 15.0 Å². The lowest BCUT2D eigenvalue weighted by Crippen LogP contribution is -1.80. The van der Waals surface area contributed by atoms with E-state index in [1.54, 1.807) is 6.07 Å². The number of halogens is 2. The smallest absolute Gasteiger partial charge is 0.192 e. The maximum Gasteiger partial charge on any atom is 0.192 e. The minimum Gasteiger partial charge on any atom is -0.440 e. The number of hydrogen-bond acceptors (Lipinski definition) is 3. The van der Waals surface area contributed by atoms with Crippen molar-refractivity contribution in [3.63, 3.8) is 0 Å². The molecule has 0 aliphatic rings. The Morgan fingerprint density at radius 1 is 1.41 bits per heavy atom. The van der Waals surface area contributed by atoms with Crippen LogP contribution in [0.25, 0.3) is 22.6 Å². The fraction of sp³-hybridized carbons (Fsp3) is 0.0909. The van der Waals surface area contributed by atoms with Crippen LogP contribution in [0.4, 0.5) is 4.39 Å². The molecule has 3 rings (SSSR count). The molecule has 0 fully saturated rings. The third kappa shape index (κ3) is 1.64. The number of aromatic nitrogens is 3. The van der Waals surface area contributed by atoms with Gasteiger partial charge in [0, 0.05) is 6.07 Å². The van der Waals surface area contributed by atoms with Crippen LogP contribution in [0, 0.1) is 12.7 Å². The Hall–Kier alpha value is -1.69. The van der Waals surface area contributed by atoms with Crippen LogP contribution in [-0.2, 0) is 0 Å². The molecule has 2 aromatic heterocycles. The third-order valence-electron chi connectivity index (χ3n) is 2.48. The van der Waals surface area contributed by atoms with Crippen LogP contribution >= 0.6 is 15.9 Å². The number of imidazole rings is 1. The molecule has 0 aliphatic carbocycles. The van der Waals surface area contributed by atoms with Gasteiger partial charge in [0.15, 0.2) is 18.0 Å². The van der Waals surface area contributed by atoms with Crippen molar-refractivity contribution in [3.05, 3.63) is 34.5 Å². The van der Waals surface area contributed by atoms with E-state index in [2.05, 4.69) is 30.9 Å². The lowest BCUT2D eigenvalue weighted by Gasteiger charge is -1.92. The first-order valence-corrected chi connectivity index (χ1v) is 5.69. The lowest BCUT2D eigenvalue weighted by molar-refractivity contribution is 0.567. The van der Waals surface area contributed by atoms with Crippen LogP contribution in [-0.4, -0.2) is 15.0 Å². The van der Waals surface area contributed by atoms with Crippen molar-refractivity contribution in [2.75, 3.05) is 0 Å². The first-order valence-electron chi connectivity index (χ1n) is 4.90. The van der Waals surface area contributed by atoms with Crippen LogP contribution in [0.2, 0.25) is 0 Å². The van der Waals surface area contributed by atoms with Crippen LogP contribution in [0.3, 0.4) is 0 Å². The van der Waals surface area contributed by atoms with Gasteiger partial charge in [-0.3, -0.25) is 0 Å². The summed E-state index contributed by atoms with van der Waals surface area (Å²) >= 11 is 3.12. The maximum atomic E-state index is 13.3. The van der Waals surface area contributed by atoms with Crippen LogP contribution in [0.1, 0.15) is 5.69 Å². The summed E-state index contributed by atoms with van der Waals surface area (Å²) in [5.74, 6) is 0.784. The van der Waals surface area contributed by atoms with Gasteiger partial charge >= 0.3 is 0 Å². The van der Waals surface area contributed by atoms with Gasteiger partial charge in [-0.25, -0.2) is 14.4 Å². The normalized spacial score (nSPS) is 11.2. The van der Waals surface area contributed by atoms with E-state index in [4.69, 9.17) is 4.42 Å². The Labute approximate surface area is 104 Å². The monoisotopic (exact) mass is 295 g/mol. The van der Waals surface area contributed by atoms with E-state index in [0.29, 0.717) is 27.1 Å². The largest absolute Gasteiger partial charge is 0.440 e. The van der Waals surface area contributed by atoms with E-state index < -0.39 is 0 Å². The Morgan fingerprint density at radius 3 is 2.94 bits per heavy atom. The maximum absolute atomic E-state index is 13.3. The fourth-order valence-electron chi connectivity index (χ4n) is 1.64. The number of hydrogen-bond donors (Lipinski definition) is 1.